The molecule has 0 saturated carbocycles. The summed E-state index contributed by atoms with van der Waals surface area (Å²) >= 11 is 0. The van der Waals surface area contributed by atoms with Crippen LogP contribution >= 0.6 is 0 Å². The Morgan fingerprint density at radius 1 is 1.13 bits per heavy atom. The Morgan fingerprint density at radius 3 is 2.47 bits per heavy atom. The lowest BCUT2D eigenvalue weighted by Gasteiger charge is -2.13. The average molecular weight is 208 g/mol. The molecule has 0 fully saturated rings. The van der Waals surface area contributed by atoms with Crippen LogP contribution in [-0.4, -0.2) is 37.2 Å². The summed E-state index contributed by atoms with van der Waals surface area (Å²) < 4.78 is 5.38. The fourth-order valence-corrected chi connectivity index (χ4v) is 1.26. The Kier molecular flexibility index (Phi) is 6.41. The lowest BCUT2D eigenvalue weighted by Crippen LogP contribution is -2.28. The van der Waals surface area contributed by atoms with Crippen molar-refractivity contribution in [1.29, 1.82) is 0 Å². The van der Waals surface area contributed by atoms with Crippen molar-refractivity contribution >= 4 is 18.5 Å². The molecule has 0 saturated heterocycles. The first-order valence-corrected chi connectivity index (χ1v) is 4.52. The quantitative estimate of drug-likeness (QED) is 0.582. The summed E-state index contributed by atoms with van der Waals surface area (Å²) in [5.74, 6) is 0.762. The zero-order valence-corrected chi connectivity index (χ0v) is 8.44. The summed E-state index contributed by atoms with van der Waals surface area (Å²) in [7, 11) is 1.97. The van der Waals surface area contributed by atoms with Crippen LogP contribution in [0.3, 0.4) is 0 Å². The van der Waals surface area contributed by atoms with E-state index in [0.717, 1.165) is 30.8 Å². The molecule has 1 aromatic carbocycles. The molecular formula is C10H15BNO3. The molecule has 0 amide bonds. The van der Waals surface area contributed by atoms with E-state index in [-0.39, 0.29) is 11.0 Å². The molecule has 0 atom stereocenters. The number of benzene rings is 1. The van der Waals surface area contributed by atoms with Crippen molar-refractivity contribution in [3.8, 4) is 0 Å². The van der Waals surface area contributed by atoms with Crippen molar-refractivity contribution in [3.05, 3.63) is 30.3 Å². The van der Waals surface area contributed by atoms with Crippen LogP contribution in [0.1, 0.15) is 6.42 Å². The Balaban J connectivity index is 0.000000980. The maximum atomic E-state index is 5.38. The molecule has 0 aliphatic carbocycles. The summed E-state index contributed by atoms with van der Waals surface area (Å²) in [6.45, 7) is 1.68. The maximum absolute atomic E-state index is 5.38. The Hall–Kier alpha value is -1.33. The van der Waals surface area contributed by atoms with E-state index in [1.807, 2.05) is 37.6 Å². The molecule has 0 aromatic heterocycles. The summed E-state index contributed by atoms with van der Waals surface area (Å²) in [6, 6.07) is 10.1. The van der Waals surface area contributed by atoms with Gasteiger partial charge in [-0.1, -0.05) is 35.8 Å². The predicted octanol–water partition coefficient (Wildman–Crippen LogP) is -0.857. The molecular weight excluding hydrogens is 193 g/mol. The van der Waals surface area contributed by atoms with Crippen LogP contribution in [0.4, 0.5) is 0 Å². The van der Waals surface area contributed by atoms with Gasteiger partial charge in [-0.3, -0.25) is 4.99 Å². The van der Waals surface area contributed by atoms with Crippen LogP contribution in [0.2, 0.25) is 0 Å². The van der Waals surface area contributed by atoms with Crippen molar-refractivity contribution < 1.29 is 15.7 Å². The van der Waals surface area contributed by atoms with Crippen LogP contribution in [0, 0.1) is 0 Å². The van der Waals surface area contributed by atoms with E-state index in [1.54, 1.807) is 0 Å². The number of hydrogen-bond acceptors (Lipinski definition) is 2. The highest BCUT2D eigenvalue weighted by Crippen LogP contribution is 1.95. The molecule has 1 aliphatic rings. The molecule has 1 radical (unpaired) electrons. The van der Waals surface area contributed by atoms with Gasteiger partial charge in [0.05, 0.1) is 6.61 Å². The first kappa shape index (κ1) is 13.7. The van der Waals surface area contributed by atoms with Gasteiger partial charge < -0.3 is 15.7 Å². The second kappa shape index (κ2) is 7.03. The molecule has 1 aliphatic heterocycles. The Bertz CT molecular complexity index is 303. The number of aliphatic imine (C=N–C) groups is 1. The average Bonchev–Trinajstić information content (AvgIpc) is 2.21. The number of nitrogens with zero attached hydrogens (tertiary/aromatic N) is 1. The normalized spacial score (nSPS) is 13.7. The zero-order chi connectivity index (χ0) is 8.93. The molecule has 2 rings (SSSR count). The van der Waals surface area contributed by atoms with Gasteiger partial charge in [-0.2, -0.15) is 0 Å². The third-order valence-corrected chi connectivity index (χ3v) is 1.91. The van der Waals surface area contributed by atoms with Crippen LogP contribution in [0.5, 0.6) is 0 Å². The fourth-order valence-electron chi connectivity index (χ4n) is 1.26. The van der Waals surface area contributed by atoms with Crippen molar-refractivity contribution in [3.63, 3.8) is 0 Å². The summed E-state index contributed by atoms with van der Waals surface area (Å²) in [5, 5.41) is 0. The molecule has 4 nitrogen and oxygen atoms in total. The highest BCUT2D eigenvalue weighted by Gasteiger charge is 2.07. The van der Waals surface area contributed by atoms with Gasteiger partial charge in [0.25, 0.3) is 7.28 Å². The minimum Gasteiger partial charge on any atom is -0.490 e. The predicted molar refractivity (Wildman–Crippen MR) is 61.9 cm³/mol. The minimum atomic E-state index is 0. The smallest absolute Gasteiger partial charge is 0.266 e. The van der Waals surface area contributed by atoms with Gasteiger partial charge in [-0.25, -0.2) is 0 Å². The van der Waals surface area contributed by atoms with E-state index in [4.69, 9.17) is 4.74 Å². The summed E-state index contributed by atoms with van der Waals surface area (Å²) in [4.78, 5) is 4.26. The van der Waals surface area contributed by atoms with Crippen molar-refractivity contribution in [2.24, 2.45) is 4.99 Å². The van der Waals surface area contributed by atoms with E-state index in [9.17, 15) is 0 Å². The molecule has 1 aromatic rings. The molecule has 1 heterocycles. The van der Waals surface area contributed by atoms with E-state index in [2.05, 4.69) is 4.99 Å². The Morgan fingerprint density at radius 2 is 1.87 bits per heavy atom. The van der Waals surface area contributed by atoms with Gasteiger partial charge in [-0.15, -0.1) is 0 Å². The van der Waals surface area contributed by atoms with Crippen LogP contribution in [0.25, 0.3) is 0 Å². The molecule has 0 bridgehead atoms. The minimum absolute atomic E-state index is 0. The zero-order valence-electron chi connectivity index (χ0n) is 8.44. The second-order valence-corrected chi connectivity index (χ2v) is 2.98. The molecule has 15 heavy (non-hydrogen) atoms. The van der Waals surface area contributed by atoms with Gasteiger partial charge in [-0.05, 0) is 0 Å². The fraction of sp³-hybridized carbons (Fsp3) is 0.300. The standard InChI is InChI=1S/C10H11BNO.2H2O/c1-2-5-9(6-3-1)11-10-12-7-4-8-13-10;;/h1-3,5-6H,4,7-8H2;2*1H2. The molecule has 0 unspecified atom stereocenters. The van der Waals surface area contributed by atoms with Crippen molar-refractivity contribution in [1.82, 2.24) is 0 Å². The topological polar surface area (TPSA) is 84.6 Å². The summed E-state index contributed by atoms with van der Waals surface area (Å²) in [6.07, 6.45) is 1.03. The first-order chi connectivity index (χ1) is 6.45. The molecule has 4 N–H and O–H groups in total. The van der Waals surface area contributed by atoms with E-state index in [1.165, 1.54) is 0 Å². The third kappa shape index (κ3) is 4.14. The van der Waals surface area contributed by atoms with Gasteiger partial charge in [0, 0.05) is 13.0 Å². The van der Waals surface area contributed by atoms with E-state index >= 15 is 0 Å². The number of hydrogen-bond donors (Lipinski definition) is 0. The molecule has 5 heteroatoms. The molecule has 81 valence electrons. The third-order valence-electron chi connectivity index (χ3n) is 1.91. The van der Waals surface area contributed by atoms with Crippen LogP contribution in [-0.2, 0) is 4.74 Å². The molecule has 0 spiro atoms. The van der Waals surface area contributed by atoms with Crippen LogP contribution < -0.4 is 5.46 Å². The van der Waals surface area contributed by atoms with Gasteiger partial charge in [0.1, 0.15) is 5.80 Å². The van der Waals surface area contributed by atoms with E-state index in [0.29, 0.717) is 0 Å². The van der Waals surface area contributed by atoms with Gasteiger partial charge >= 0.3 is 0 Å². The second-order valence-electron chi connectivity index (χ2n) is 2.98. The maximum Gasteiger partial charge on any atom is 0.266 e. The lowest BCUT2D eigenvalue weighted by atomic mass is 9.70. The lowest BCUT2D eigenvalue weighted by molar-refractivity contribution is 0.291. The van der Waals surface area contributed by atoms with Crippen LogP contribution in [0.15, 0.2) is 35.3 Å². The highest BCUT2D eigenvalue weighted by atomic mass is 16.5. The Labute approximate surface area is 89.8 Å². The monoisotopic (exact) mass is 208 g/mol. The van der Waals surface area contributed by atoms with Crippen molar-refractivity contribution in [2.75, 3.05) is 13.2 Å². The van der Waals surface area contributed by atoms with Crippen molar-refractivity contribution in [2.45, 2.75) is 6.42 Å². The highest BCUT2D eigenvalue weighted by molar-refractivity contribution is 6.83. The van der Waals surface area contributed by atoms with Gasteiger partial charge in [0.2, 0.25) is 0 Å². The number of ether oxygens (including phenoxy) is 1. The first-order valence-electron chi connectivity index (χ1n) is 4.52. The number of rotatable bonds is 2. The SMILES string of the molecule is O.O.[B](C1=NCCCO1)c1ccccc1. The summed E-state index contributed by atoms with van der Waals surface area (Å²) in [5.41, 5.74) is 1.14. The van der Waals surface area contributed by atoms with Gasteiger partial charge in [0.15, 0.2) is 0 Å². The largest absolute Gasteiger partial charge is 0.490 e. The van der Waals surface area contributed by atoms with E-state index < -0.39 is 0 Å².